The summed E-state index contributed by atoms with van der Waals surface area (Å²) in [7, 11) is 0. The lowest BCUT2D eigenvalue weighted by molar-refractivity contribution is -0.143. The summed E-state index contributed by atoms with van der Waals surface area (Å²) in [6.07, 6.45) is -7.14. The van der Waals surface area contributed by atoms with E-state index in [1.54, 1.807) is 6.07 Å². The lowest BCUT2D eigenvalue weighted by Crippen LogP contribution is -2.13. The number of carbonyl (C=O) groups excluding carboxylic acids is 1. The Hall–Kier alpha value is -2.76. The van der Waals surface area contributed by atoms with Crippen LogP contribution in [0.1, 0.15) is 56.2 Å². The first-order chi connectivity index (χ1) is 14.3. The van der Waals surface area contributed by atoms with Crippen LogP contribution in [-0.4, -0.2) is 12.6 Å². The van der Waals surface area contributed by atoms with Gasteiger partial charge in [-0.15, -0.1) is 0 Å². The minimum absolute atomic E-state index is 0.0659. The number of hydrogen-bond donors (Lipinski definition) is 0. The normalized spacial score (nSPS) is 16.6. The van der Waals surface area contributed by atoms with Crippen molar-refractivity contribution < 1.29 is 35.9 Å². The smallest absolute Gasteiger partial charge is 0.416 e. The first-order valence-electron chi connectivity index (χ1n) is 9.63. The molecule has 1 aromatic carbocycles. The third kappa shape index (κ3) is 6.61. The van der Waals surface area contributed by atoms with Gasteiger partial charge in [0.05, 0.1) is 17.7 Å². The molecular formula is C22H21F6NO2. The van der Waals surface area contributed by atoms with Gasteiger partial charge < -0.3 is 4.74 Å². The molecule has 0 saturated heterocycles. The van der Waals surface area contributed by atoms with Gasteiger partial charge >= 0.3 is 18.3 Å². The first-order valence-corrected chi connectivity index (χ1v) is 9.63. The van der Waals surface area contributed by atoms with E-state index in [0.29, 0.717) is 25.0 Å². The van der Waals surface area contributed by atoms with Gasteiger partial charge in [-0.05, 0) is 66.5 Å². The van der Waals surface area contributed by atoms with Crippen molar-refractivity contribution in [1.82, 2.24) is 0 Å². The van der Waals surface area contributed by atoms with Crippen LogP contribution in [0.2, 0.25) is 0 Å². The number of nitrogens with zero attached hydrogens (tertiary/aromatic N) is 1. The predicted octanol–water partition coefficient (Wildman–Crippen LogP) is 6.70. The molecule has 0 radical (unpaired) electrons. The maximum absolute atomic E-state index is 13.1. The molecule has 0 saturated carbocycles. The SMILES string of the molecule is CC(C)CCOC(=O)/C(C#N)=C1/C=C(c2cc(C(F)(F)F)cc(C(F)(F)F)c2)CCC1. The highest BCUT2D eigenvalue weighted by Crippen LogP contribution is 2.40. The van der Waals surface area contributed by atoms with Gasteiger partial charge in [0, 0.05) is 0 Å². The van der Waals surface area contributed by atoms with Gasteiger partial charge in [0.15, 0.2) is 0 Å². The zero-order chi connectivity index (χ0) is 23.4. The lowest BCUT2D eigenvalue weighted by atomic mass is 9.87. The third-order valence-corrected chi connectivity index (χ3v) is 4.76. The number of nitriles is 1. The van der Waals surface area contributed by atoms with Crippen molar-refractivity contribution in [3.63, 3.8) is 0 Å². The van der Waals surface area contributed by atoms with Crippen molar-refractivity contribution in [2.45, 2.75) is 51.9 Å². The van der Waals surface area contributed by atoms with E-state index in [1.165, 1.54) is 6.08 Å². The van der Waals surface area contributed by atoms with Gasteiger partial charge in [-0.2, -0.15) is 31.6 Å². The van der Waals surface area contributed by atoms with Crippen molar-refractivity contribution in [2.24, 2.45) is 5.92 Å². The van der Waals surface area contributed by atoms with E-state index in [1.807, 2.05) is 13.8 Å². The molecule has 1 aromatic rings. The fraction of sp³-hybridized carbons (Fsp3) is 0.455. The Morgan fingerprint density at radius 1 is 1.06 bits per heavy atom. The number of alkyl halides is 6. The summed E-state index contributed by atoms with van der Waals surface area (Å²) in [4.78, 5) is 12.2. The molecule has 0 bridgehead atoms. The van der Waals surface area contributed by atoms with Crippen LogP contribution < -0.4 is 0 Å². The van der Waals surface area contributed by atoms with Gasteiger partial charge in [0.25, 0.3) is 0 Å². The predicted molar refractivity (Wildman–Crippen MR) is 101 cm³/mol. The Bertz CT molecular complexity index is 901. The van der Waals surface area contributed by atoms with E-state index in [9.17, 15) is 36.4 Å². The standard InChI is InChI=1S/C22H21F6NO2/c1-13(2)6-7-31-20(30)19(12-29)15-5-3-4-14(8-15)16-9-17(21(23,24)25)11-18(10-16)22(26,27)28/h8-11,13H,3-7H2,1-2H3/b19-15+. The number of rotatable bonds is 5. The van der Waals surface area contributed by atoms with Crippen LogP contribution in [0, 0.1) is 17.2 Å². The maximum Gasteiger partial charge on any atom is 0.416 e. The molecule has 0 heterocycles. The molecule has 0 amide bonds. The number of benzene rings is 1. The molecular weight excluding hydrogens is 424 g/mol. The lowest BCUT2D eigenvalue weighted by Gasteiger charge is -2.19. The fourth-order valence-electron chi connectivity index (χ4n) is 3.10. The van der Waals surface area contributed by atoms with Crippen LogP contribution in [0.3, 0.4) is 0 Å². The van der Waals surface area contributed by atoms with Crippen molar-refractivity contribution >= 4 is 11.5 Å². The van der Waals surface area contributed by atoms with Crippen molar-refractivity contribution in [3.05, 3.63) is 52.1 Å². The first kappa shape index (κ1) is 24.5. The van der Waals surface area contributed by atoms with E-state index in [-0.39, 0.29) is 53.7 Å². The Morgan fingerprint density at radius 2 is 1.65 bits per heavy atom. The van der Waals surface area contributed by atoms with Crippen molar-refractivity contribution in [3.8, 4) is 6.07 Å². The highest BCUT2D eigenvalue weighted by Gasteiger charge is 2.37. The van der Waals surface area contributed by atoms with Gasteiger partial charge in [0.2, 0.25) is 0 Å². The quantitative estimate of drug-likeness (QED) is 0.219. The van der Waals surface area contributed by atoms with Crippen LogP contribution in [0.5, 0.6) is 0 Å². The van der Waals surface area contributed by atoms with Crippen LogP contribution in [0.25, 0.3) is 5.57 Å². The second kappa shape index (κ2) is 9.58. The molecule has 0 atom stereocenters. The van der Waals surface area contributed by atoms with E-state index in [2.05, 4.69) is 0 Å². The van der Waals surface area contributed by atoms with Crippen molar-refractivity contribution in [1.29, 1.82) is 5.26 Å². The molecule has 0 fully saturated rings. The molecule has 0 aromatic heterocycles. The molecule has 2 rings (SSSR count). The molecule has 0 spiro atoms. The fourth-order valence-corrected chi connectivity index (χ4v) is 3.10. The second-order valence-corrected chi connectivity index (χ2v) is 7.65. The highest BCUT2D eigenvalue weighted by atomic mass is 19.4. The summed E-state index contributed by atoms with van der Waals surface area (Å²) < 4.78 is 83.9. The summed E-state index contributed by atoms with van der Waals surface area (Å²) in [5, 5.41) is 9.38. The molecule has 1 aliphatic carbocycles. The summed E-state index contributed by atoms with van der Waals surface area (Å²) in [6, 6.07) is 3.12. The third-order valence-electron chi connectivity index (χ3n) is 4.76. The van der Waals surface area contributed by atoms with Crippen LogP contribution in [-0.2, 0) is 21.9 Å². The average Bonchev–Trinajstić information content (AvgIpc) is 2.67. The molecule has 3 nitrogen and oxygen atoms in total. The van der Waals surface area contributed by atoms with Crippen molar-refractivity contribution in [2.75, 3.05) is 6.61 Å². The van der Waals surface area contributed by atoms with Crippen LogP contribution in [0.4, 0.5) is 26.3 Å². The molecule has 9 heteroatoms. The zero-order valence-electron chi connectivity index (χ0n) is 17.0. The topological polar surface area (TPSA) is 50.1 Å². The minimum atomic E-state index is -4.96. The molecule has 0 unspecified atom stereocenters. The van der Waals surface area contributed by atoms with Gasteiger partial charge in [-0.3, -0.25) is 0 Å². The number of allylic oxidation sites excluding steroid dienone is 3. The number of esters is 1. The van der Waals surface area contributed by atoms with Gasteiger partial charge in [0.1, 0.15) is 11.6 Å². The molecule has 168 valence electrons. The molecule has 31 heavy (non-hydrogen) atoms. The number of carbonyl (C=O) groups is 1. The van der Waals surface area contributed by atoms with E-state index >= 15 is 0 Å². The summed E-state index contributed by atoms with van der Waals surface area (Å²) in [5.41, 5.74) is -2.93. The van der Waals surface area contributed by atoms with Gasteiger partial charge in [-0.25, -0.2) is 4.79 Å². The summed E-state index contributed by atoms with van der Waals surface area (Å²) >= 11 is 0. The van der Waals surface area contributed by atoms with E-state index in [0.717, 1.165) is 0 Å². The van der Waals surface area contributed by atoms with E-state index in [4.69, 9.17) is 4.74 Å². The Labute approximate surface area is 176 Å². The Morgan fingerprint density at radius 3 is 2.13 bits per heavy atom. The molecule has 0 N–H and O–H groups in total. The molecule has 1 aliphatic rings. The Kier molecular flexibility index (Phi) is 7.58. The van der Waals surface area contributed by atoms with Crippen LogP contribution >= 0.6 is 0 Å². The maximum atomic E-state index is 13.1. The largest absolute Gasteiger partial charge is 0.462 e. The van der Waals surface area contributed by atoms with E-state index < -0.39 is 29.4 Å². The van der Waals surface area contributed by atoms with Crippen LogP contribution in [0.15, 0.2) is 35.4 Å². The summed E-state index contributed by atoms with van der Waals surface area (Å²) in [5.74, 6) is -0.577. The summed E-state index contributed by atoms with van der Waals surface area (Å²) in [6.45, 7) is 3.96. The monoisotopic (exact) mass is 445 g/mol. The zero-order valence-corrected chi connectivity index (χ0v) is 17.0. The number of halogens is 6. The highest BCUT2D eigenvalue weighted by molar-refractivity contribution is 5.95. The Balaban J connectivity index is 2.48. The molecule has 0 aliphatic heterocycles. The second-order valence-electron chi connectivity index (χ2n) is 7.65. The van der Waals surface area contributed by atoms with Gasteiger partial charge in [-0.1, -0.05) is 19.9 Å². The number of ether oxygens (including phenoxy) is 1. The average molecular weight is 445 g/mol. The minimum Gasteiger partial charge on any atom is -0.462 e. The number of hydrogen-bond acceptors (Lipinski definition) is 3.